The zero-order valence-corrected chi connectivity index (χ0v) is 11.9. The van der Waals surface area contributed by atoms with Crippen LogP contribution in [-0.4, -0.2) is 22.7 Å². The second kappa shape index (κ2) is 7.50. The van der Waals surface area contributed by atoms with Gasteiger partial charge in [0.05, 0.1) is 0 Å². The van der Waals surface area contributed by atoms with Crippen molar-refractivity contribution in [2.45, 2.75) is 13.0 Å². The summed E-state index contributed by atoms with van der Waals surface area (Å²) in [6.45, 7) is 5.88. The molecular formula is C16H21N3O. The molecule has 0 amide bonds. The zero-order valence-electron chi connectivity index (χ0n) is 11.9. The molecule has 1 heterocycles. The van der Waals surface area contributed by atoms with Gasteiger partial charge in [-0.1, -0.05) is 30.9 Å². The van der Waals surface area contributed by atoms with Crippen LogP contribution >= 0.6 is 0 Å². The third kappa shape index (κ3) is 3.96. The summed E-state index contributed by atoms with van der Waals surface area (Å²) in [5.41, 5.74) is 1.16. The van der Waals surface area contributed by atoms with Crippen LogP contribution in [0.5, 0.6) is 5.75 Å². The van der Waals surface area contributed by atoms with Gasteiger partial charge in [-0.15, -0.1) is 0 Å². The second-order valence-corrected chi connectivity index (χ2v) is 4.59. The third-order valence-corrected chi connectivity index (χ3v) is 3.09. The van der Waals surface area contributed by atoms with Crippen molar-refractivity contribution in [1.82, 2.24) is 14.9 Å². The molecule has 4 nitrogen and oxygen atoms in total. The van der Waals surface area contributed by atoms with Crippen LogP contribution in [0.25, 0.3) is 0 Å². The molecule has 0 aliphatic heterocycles. The number of hydrogen-bond donors (Lipinski definition) is 1. The number of benzene rings is 1. The van der Waals surface area contributed by atoms with Crippen molar-refractivity contribution >= 4 is 0 Å². The predicted molar refractivity (Wildman–Crippen MR) is 80.8 cm³/mol. The van der Waals surface area contributed by atoms with Crippen molar-refractivity contribution in [2.24, 2.45) is 7.05 Å². The molecular weight excluding hydrogens is 250 g/mol. The number of aromatic nitrogens is 2. The van der Waals surface area contributed by atoms with Crippen LogP contribution in [0.4, 0.5) is 0 Å². The minimum atomic E-state index is 0.532. The molecule has 0 fully saturated rings. The molecule has 1 aromatic carbocycles. The number of imidazole rings is 1. The molecule has 0 saturated carbocycles. The lowest BCUT2D eigenvalue weighted by atomic mass is 10.2. The molecule has 1 N–H and O–H groups in total. The van der Waals surface area contributed by atoms with Gasteiger partial charge in [0.2, 0.25) is 0 Å². The quantitative estimate of drug-likeness (QED) is 0.591. The lowest BCUT2D eigenvalue weighted by Crippen LogP contribution is -2.18. The van der Waals surface area contributed by atoms with Crippen molar-refractivity contribution < 1.29 is 4.74 Å². The Labute approximate surface area is 120 Å². The van der Waals surface area contributed by atoms with E-state index >= 15 is 0 Å². The fourth-order valence-corrected chi connectivity index (χ4v) is 2.00. The molecule has 2 rings (SSSR count). The van der Waals surface area contributed by atoms with Crippen LogP contribution < -0.4 is 10.1 Å². The normalized spacial score (nSPS) is 10.4. The second-order valence-electron chi connectivity index (χ2n) is 4.59. The lowest BCUT2D eigenvalue weighted by Gasteiger charge is -2.11. The Morgan fingerprint density at radius 3 is 3.00 bits per heavy atom. The molecule has 0 saturated heterocycles. The maximum Gasteiger partial charge on any atom is 0.124 e. The molecule has 0 radical (unpaired) electrons. The highest BCUT2D eigenvalue weighted by atomic mass is 16.5. The first kappa shape index (κ1) is 14.3. The van der Waals surface area contributed by atoms with E-state index < -0.39 is 0 Å². The van der Waals surface area contributed by atoms with Crippen molar-refractivity contribution in [3.8, 4) is 5.75 Å². The maximum absolute atomic E-state index is 5.63. The van der Waals surface area contributed by atoms with E-state index in [9.17, 15) is 0 Å². The molecule has 0 aliphatic rings. The Morgan fingerprint density at radius 2 is 2.25 bits per heavy atom. The van der Waals surface area contributed by atoms with Gasteiger partial charge < -0.3 is 14.6 Å². The van der Waals surface area contributed by atoms with Crippen LogP contribution in [0.2, 0.25) is 0 Å². The first-order valence-electron chi connectivity index (χ1n) is 6.80. The van der Waals surface area contributed by atoms with E-state index in [0.717, 1.165) is 36.6 Å². The smallest absolute Gasteiger partial charge is 0.124 e. The van der Waals surface area contributed by atoms with Gasteiger partial charge in [-0.2, -0.15) is 0 Å². The molecule has 0 unspecified atom stereocenters. The van der Waals surface area contributed by atoms with Crippen molar-refractivity contribution in [1.29, 1.82) is 0 Å². The van der Waals surface area contributed by atoms with Gasteiger partial charge in [0, 0.05) is 44.5 Å². The summed E-state index contributed by atoms with van der Waals surface area (Å²) in [7, 11) is 2.01. The SMILES string of the molecule is C=CCOc1ccccc1CNCCc1nccn1C. The Morgan fingerprint density at radius 1 is 1.40 bits per heavy atom. The van der Waals surface area contributed by atoms with E-state index in [2.05, 4.69) is 22.9 Å². The number of ether oxygens (including phenoxy) is 1. The number of nitrogens with one attached hydrogen (secondary N) is 1. The van der Waals surface area contributed by atoms with E-state index in [0.29, 0.717) is 6.61 Å². The van der Waals surface area contributed by atoms with E-state index in [1.807, 2.05) is 42.2 Å². The average molecular weight is 271 g/mol. The topological polar surface area (TPSA) is 39.1 Å². The fraction of sp³-hybridized carbons (Fsp3) is 0.312. The number of nitrogens with zero attached hydrogens (tertiary/aromatic N) is 2. The molecule has 4 heteroatoms. The highest BCUT2D eigenvalue weighted by molar-refractivity contribution is 5.33. The number of hydrogen-bond acceptors (Lipinski definition) is 3. The van der Waals surface area contributed by atoms with Crippen LogP contribution in [-0.2, 0) is 20.0 Å². The largest absolute Gasteiger partial charge is 0.489 e. The zero-order chi connectivity index (χ0) is 14.2. The maximum atomic E-state index is 5.63. The van der Waals surface area contributed by atoms with Crippen LogP contribution in [0.3, 0.4) is 0 Å². The first-order valence-corrected chi connectivity index (χ1v) is 6.80. The molecule has 2 aromatic rings. The van der Waals surface area contributed by atoms with Crippen molar-refractivity contribution in [2.75, 3.05) is 13.2 Å². The summed E-state index contributed by atoms with van der Waals surface area (Å²) >= 11 is 0. The minimum absolute atomic E-state index is 0.532. The van der Waals surface area contributed by atoms with Crippen molar-refractivity contribution in [3.05, 3.63) is 60.7 Å². The van der Waals surface area contributed by atoms with E-state index in [1.165, 1.54) is 0 Å². The summed E-state index contributed by atoms with van der Waals surface area (Å²) in [6, 6.07) is 8.07. The van der Waals surface area contributed by atoms with E-state index in [-0.39, 0.29) is 0 Å². The Bertz CT molecular complexity index is 548. The summed E-state index contributed by atoms with van der Waals surface area (Å²) < 4.78 is 7.68. The molecule has 0 spiro atoms. The van der Waals surface area contributed by atoms with Crippen LogP contribution in [0.1, 0.15) is 11.4 Å². The van der Waals surface area contributed by atoms with E-state index in [4.69, 9.17) is 4.74 Å². The van der Waals surface area contributed by atoms with E-state index in [1.54, 1.807) is 6.08 Å². The minimum Gasteiger partial charge on any atom is -0.489 e. The van der Waals surface area contributed by atoms with Crippen molar-refractivity contribution in [3.63, 3.8) is 0 Å². The van der Waals surface area contributed by atoms with Gasteiger partial charge in [-0.05, 0) is 6.07 Å². The molecule has 0 aliphatic carbocycles. The van der Waals surface area contributed by atoms with Crippen LogP contribution in [0, 0.1) is 0 Å². The Kier molecular flexibility index (Phi) is 5.38. The summed E-state index contributed by atoms with van der Waals surface area (Å²) in [6.07, 6.45) is 6.46. The molecule has 106 valence electrons. The summed E-state index contributed by atoms with van der Waals surface area (Å²) in [5.74, 6) is 2.01. The van der Waals surface area contributed by atoms with Gasteiger partial charge in [0.15, 0.2) is 0 Å². The van der Waals surface area contributed by atoms with Gasteiger partial charge in [0.25, 0.3) is 0 Å². The predicted octanol–water partition coefficient (Wildman–Crippen LogP) is 2.32. The lowest BCUT2D eigenvalue weighted by molar-refractivity contribution is 0.358. The third-order valence-electron chi connectivity index (χ3n) is 3.09. The highest BCUT2D eigenvalue weighted by Crippen LogP contribution is 2.17. The average Bonchev–Trinajstić information content (AvgIpc) is 2.88. The Balaban J connectivity index is 1.81. The molecule has 0 bridgehead atoms. The Hall–Kier alpha value is -2.07. The number of rotatable bonds is 8. The molecule has 1 aromatic heterocycles. The fourth-order valence-electron chi connectivity index (χ4n) is 2.00. The summed E-state index contributed by atoms with van der Waals surface area (Å²) in [5, 5.41) is 3.42. The summed E-state index contributed by atoms with van der Waals surface area (Å²) in [4.78, 5) is 4.31. The van der Waals surface area contributed by atoms with Gasteiger partial charge in [0.1, 0.15) is 18.2 Å². The molecule has 0 atom stereocenters. The monoisotopic (exact) mass is 271 g/mol. The standard InChI is InChI=1S/C16H21N3O/c1-3-12-20-15-7-5-4-6-14(15)13-17-9-8-16-18-10-11-19(16)2/h3-7,10-11,17H,1,8-9,12-13H2,2H3. The van der Waals surface area contributed by atoms with Crippen LogP contribution in [0.15, 0.2) is 49.3 Å². The number of para-hydroxylation sites is 1. The first-order chi connectivity index (χ1) is 9.81. The number of aryl methyl sites for hydroxylation is 1. The van der Waals surface area contributed by atoms with Gasteiger partial charge in [-0.25, -0.2) is 4.98 Å². The van der Waals surface area contributed by atoms with Gasteiger partial charge in [-0.3, -0.25) is 0 Å². The molecule has 20 heavy (non-hydrogen) atoms. The van der Waals surface area contributed by atoms with Gasteiger partial charge >= 0.3 is 0 Å². The highest BCUT2D eigenvalue weighted by Gasteiger charge is 2.03.